The maximum Gasteiger partial charge on any atom is 0.151 e. The van der Waals surface area contributed by atoms with E-state index in [1.165, 1.54) is 6.20 Å². The third-order valence-corrected chi connectivity index (χ3v) is 2.26. The van der Waals surface area contributed by atoms with Gasteiger partial charge in [-0.3, -0.25) is 9.78 Å². The van der Waals surface area contributed by atoms with Crippen molar-refractivity contribution in [1.82, 2.24) is 4.98 Å². The second-order valence-corrected chi connectivity index (χ2v) is 3.36. The normalized spacial score (nSPS) is 9.87. The minimum absolute atomic E-state index is 0.525. The molecule has 0 fully saturated rings. The second kappa shape index (κ2) is 3.50. The van der Waals surface area contributed by atoms with Gasteiger partial charge in [-0.25, -0.2) is 0 Å². The van der Waals surface area contributed by atoms with Gasteiger partial charge in [-0.2, -0.15) is 5.26 Å². The highest BCUT2D eigenvalue weighted by Crippen LogP contribution is 2.18. The number of nitriles is 1. The summed E-state index contributed by atoms with van der Waals surface area (Å²) < 4.78 is 0. The van der Waals surface area contributed by atoms with E-state index < -0.39 is 0 Å². The summed E-state index contributed by atoms with van der Waals surface area (Å²) in [6, 6.07) is 7.35. The Morgan fingerprint density at radius 2 is 2.20 bits per heavy atom. The number of benzene rings is 1. The number of aryl methyl sites for hydroxylation is 1. The van der Waals surface area contributed by atoms with E-state index in [1.54, 1.807) is 18.2 Å². The molecule has 2 rings (SSSR count). The fourth-order valence-electron chi connectivity index (χ4n) is 1.58. The number of fused-ring (bicyclic) bond motifs is 1. The quantitative estimate of drug-likeness (QED) is 0.657. The summed E-state index contributed by atoms with van der Waals surface area (Å²) in [5.41, 5.74) is 2.89. The molecule has 2 aromatic rings. The van der Waals surface area contributed by atoms with Gasteiger partial charge in [-0.15, -0.1) is 0 Å². The number of aromatic nitrogens is 1. The van der Waals surface area contributed by atoms with E-state index in [-0.39, 0.29) is 0 Å². The van der Waals surface area contributed by atoms with Crippen molar-refractivity contribution in [2.75, 3.05) is 0 Å². The Bertz CT molecular complexity index is 582. The van der Waals surface area contributed by atoms with E-state index in [4.69, 9.17) is 5.26 Å². The molecule has 15 heavy (non-hydrogen) atoms. The Morgan fingerprint density at radius 3 is 2.87 bits per heavy atom. The van der Waals surface area contributed by atoms with E-state index in [0.29, 0.717) is 11.1 Å². The van der Waals surface area contributed by atoms with Crippen molar-refractivity contribution in [3.63, 3.8) is 0 Å². The molecular weight excluding hydrogens is 188 g/mol. The van der Waals surface area contributed by atoms with Crippen LogP contribution >= 0.6 is 0 Å². The van der Waals surface area contributed by atoms with Gasteiger partial charge in [0.15, 0.2) is 6.29 Å². The average Bonchev–Trinajstić information content (AvgIpc) is 2.28. The first-order chi connectivity index (χ1) is 7.24. The lowest BCUT2D eigenvalue weighted by Gasteiger charge is -2.02. The van der Waals surface area contributed by atoms with Gasteiger partial charge in [0.2, 0.25) is 0 Å². The third-order valence-electron chi connectivity index (χ3n) is 2.26. The predicted octanol–water partition coefficient (Wildman–Crippen LogP) is 2.23. The van der Waals surface area contributed by atoms with Crippen molar-refractivity contribution in [1.29, 1.82) is 5.26 Å². The van der Waals surface area contributed by atoms with Crippen LogP contribution in [0.25, 0.3) is 10.9 Å². The lowest BCUT2D eigenvalue weighted by molar-refractivity contribution is 0.112. The van der Waals surface area contributed by atoms with Gasteiger partial charge in [0.25, 0.3) is 0 Å². The molecule has 0 saturated heterocycles. The Kier molecular flexibility index (Phi) is 2.18. The molecule has 1 aromatic carbocycles. The molecule has 0 aliphatic heterocycles. The molecule has 0 amide bonds. The number of rotatable bonds is 1. The lowest BCUT2D eigenvalue weighted by Crippen LogP contribution is -1.89. The van der Waals surface area contributed by atoms with Crippen LogP contribution in [0.2, 0.25) is 0 Å². The zero-order valence-corrected chi connectivity index (χ0v) is 8.19. The zero-order chi connectivity index (χ0) is 10.8. The maximum atomic E-state index is 10.6. The number of hydrogen-bond donors (Lipinski definition) is 0. The summed E-state index contributed by atoms with van der Waals surface area (Å²) in [4.78, 5) is 14.8. The van der Waals surface area contributed by atoms with Crippen LogP contribution < -0.4 is 0 Å². The first-order valence-electron chi connectivity index (χ1n) is 4.50. The number of aldehydes is 1. The van der Waals surface area contributed by atoms with E-state index in [0.717, 1.165) is 22.8 Å². The Labute approximate surface area is 87.0 Å². The average molecular weight is 196 g/mol. The standard InChI is InChI=1S/C12H8N2O/c1-8-2-9(5-13)3-11-4-10(7-15)6-14-12(8)11/h2-4,6-7H,1H3. The Balaban J connectivity index is 2.81. The summed E-state index contributed by atoms with van der Waals surface area (Å²) in [5.74, 6) is 0. The summed E-state index contributed by atoms with van der Waals surface area (Å²) in [6.45, 7) is 1.90. The van der Waals surface area contributed by atoms with Gasteiger partial charge in [0.05, 0.1) is 17.1 Å². The second-order valence-electron chi connectivity index (χ2n) is 3.36. The van der Waals surface area contributed by atoms with Crippen LogP contribution in [0.4, 0.5) is 0 Å². The van der Waals surface area contributed by atoms with Crippen molar-refractivity contribution in [3.05, 3.63) is 41.1 Å². The smallest absolute Gasteiger partial charge is 0.151 e. The lowest BCUT2D eigenvalue weighted by atomic mass is 10.1. The van der Waals surface area contributed by atoms with Crippen molar-refractivity contribution in [2.45, 2.75) is 6.92 Å². The maximum absolute atomic E-state index is 10.6. The van der Waals surface area contributed by atoms with Crippen molar-refractivity contribution in [2.24, 2.45) is 0 Å². The van der Waals surface area contributed by atoms with Crippen LogP contribution in [0.5, 0.6) is 0 Å². The van der Waals surface area contributed by atoms with E-state index >= 15 is 0 Å². The molecule has 0 saturated carbocycles. The van der Waals surface area contributed by atoms with E-state index in [1.807, 2.05) is 6.92 Å². The van der Waals surface area contributed by atoms with Crippen LogP contribution in [0.3, 0.4) is 0 Å². The summed E-state index contributed by atoms with van der Waals surface area (Å²) in [7, 11) is 0. The number of hydrogen-bond acceptors (Lipinski definition) is 3. The van der Waals surface area contributed by atoms with E-state index in [9.17, 15) is 4.79 Å². The first kappa shape index (κ1) is 9.35. The minimum atomic E-state index is 0.525. The van der Waals surface area contributed by atoms with Crippen LogP contribution in [0, 0.1) is 18.3 Å². The molecule has 0 spiro atoms. The van der Waals surface area contributed by atoms with E-state index in [2.05, 4.69) is 11.1 Å². The van der Waals surface area contributed by atoms with Gasteiger partial charge in [-0.1, -0.05) is 0 Å². The number of carbonyl (C=O) groups excluding carboxylic acids is 1. The van der Waals surface area contributed by atoms with Crippen molar-refractivity contribution < 1.29 is 4.79 Å². The first-order valence-corrected chi connectivity index (χ1v) is 4.50. The fraction of sp³-hybridized carbons (Fsp3) is 0.0833. The Morgan fingerprint density at radius 1 is 1.40 bits per heavy atom. The number of pyridine rings is 1. The highest BCUT2D eigenvalue weighted by Gasteiger charge is 2.02. The predicted molar refractivity (Wildman–Crippen MR) is 56.6 cm³/mol. The largest absolute Gasteiger partial charge is 0.298 e. The fourth-order valence-corrected chi connectivity index (χ4v) is 1.58. The molecule has 72 valence electrons. The zero-order valence-electron chi connectivity index (χ0n) is 8.19. The van der Waals surface area contributed by atoms with Crippen molar-refractivity contribution >= 4 is 17.2 Å². The molecule has 1 heterocycles. The van der Waals surface area contributed by atoms with Crippen LogP contribution in [0.15, 0.2) is 24.4 Å². The molecule has 0 unspecified atom stereocenters. The van der Waals surface area contributed by atoms with Gasteiger partial charge in [0, 0.05) is 17.1 Å². The molecule has 3 heteroatoms. The number of carbonyl (C=O) groups is 1. The van der Waals surface area contributed by atoms with Crippen LogP contribution in [0.1, 0.15) is 21.5 Å². The van der Waals surface area contributed by atoms with Crippen LogP contribution in [-0.2, 0) is 0 Å². The monoisotopic (exact) mass is 196 g/mol. The molecule has 0 aliphatic rings. The molecule has 1 aromatic heterocycles. The minimum Gasteiger partial charge on any atom is -0.298 e. The van der Waals surface area contributed by atoms with Gasteiger partial charge < -0.3 is 0 Å². The molecule has 0 atom stereocenters. The topological polar surface area (TPSA) is 53.8 Å². The van der Waals surface area contributed by atoms with Gasteiger partial charge >= 0.3 is 0 Å². The summed E-state index contributed by atoms with van der Waals surface area (Å²) in [6.07, 6.45) is 2.29. The molecule has 3 nitrogen and oxygen atoms in total. The third kappa shape index (κ3) is 1.57. The SMILES string of the molecule is Cc1cc(C#N)cc2cc(C=O)cnc12. The molecule has 0 radical (unpaired) electrons. The molecule has 0 bridgehead atoms. The molecule has 0 N–H and O–H groups in total. The summed E-state index contributed by atoms with van der Waals surface area (Å²) in [5, 5.41) is 9.64. The Hall–Kier alpha value is -2.21. The van der Waals surface area contributed by atoms with Gasteiger partial charge in [-0.05, 0) is 30.7 Å². The summed E-state index contributed by atoms with van der Waals surface area (Å²) >= 11 is 0. The highest BCUT2D eigenvalue weighted by molar-refractivity contribution is 5.88. The molecular formula is C12H8N2O. The van der Waals surface area contributed by atoms with Gasteiger partial charge in [0.1, 0.15) is 0 Å². The highest BCUT2D eigenvalue weighted by atomic mass is 16.1. The van der Waals surface area contributed by atoms with Crippen LogP contribution in [-0.4, -0.2) is 11.3 Å². The van der Waals surface area contributed by atoms with Crippen molar-refractivity contribution in [3.8, 4) is 6.07 Å². The number of nitrogens with zero attached hydrogens (tertiary/aromatic N) is 2. The molecule has 0 aliphatic carbocycles.